The second kappa shape index (κ2) is 4.28. The van der Waals surface area contributed by atoms with Gasteiger partial charge in [0.1, 0.15) is 0 Å². The normalized spacial score (nSPS) is 17.7. The molecule has 17 heavy (non-hydrogen) atoms. The van der Waals surface area contributed by atoms with E-state index in [9.17, 15) is 0 Å². The smallest absolute Gasteiger partial charge is 0.0250 e. The van der Waals surface area contributed by atoms with Crippen LogP contribution in [-0.2, 0) is 11.8 Å². The summed E-state index contributed by atoms with van der Waals surface area (Å²) in [5.41, 5.74) is 3.15. The maximum absolute atomic E-state index is 3.43. The topological polar surface area (TPSA) is 12.0 Å². The summed E-state index contributed by atoms with van der Waals surface area (Å²) in [6.07, 6.45) is 1.17. The second-order valence-electron chi connectivity index (χ2n) is 5.01. The Morgan fingerprint density at radius 3 is 2.47 bits per heavy atom. The van der Waals surface area contributed by atoms with Gasteiger partial charge in [0, 0.05) is 23.4 Å². The molecule has 1 aromatic carbocycles. The lowest BCUT2D eigenvalue weighted by Crippen LogP contribution is -2.58. The Morgan fingerprint density at radius 2 is 1.94 bits per heavy atom. The number of hydrogen-bond acceptors (Lipinski definition) is 2. The molecule has 1 saturated heterocycles. The molecule has 1 nitrogen and oxygen atoms in total. The molecule has 1 fully saturated rings. The largest absolute Gasteiger partial charge is 0.315 e. The summed E-state index contributed by atoms with van der Waals surface area (Å²) in [6.45, 7) is 4.36. The van der Waals surface area contributed by atoms with Crippen LogP contribution < -0.4 is 5.32 Å². The fourth-order valence-electron chi connectivity index (χ4n) is 2.51. The number of aryl methyl sites for hydroxylation is 1. The van der Waals surface area contributed by atoms with Crippen molar-refractivity contribution < 1.29 is 0 Å². The van der Waals surface area contributed by atoms with E-state index in [1.54, 1.807) is 0 Å². The molecule has 0 unspecified atom stereocenters. The monoisotopic (exact) mass is 243 g/mol. The molecule has 1 aliphatic rings. The molecule has 0 amide bonds. The van der Waals surface area contributed by atoms with Crippen molar-refractivity contribution in [3.63, 3.8) is 0 Å². The molecule has 88 valence electrons. The lowest BCUT2D eigenvalue weighted by Gasteiger charge is -2.43. The molecule has 2 heteroatoms. The van der Waals surface area contributed by atoms with Gasteiger partial charge in [-0.1, -0.05) is 35.9 Å². The zero-order chi connectivity index (χ0) is 11.7. The van der Waals surface area contributed by atoms with E-state index in [-0.39, 0.29) is 0 Å². The Labute approximate surface area is 106 Å². The third-order valence-corrected chi connectivity index (χ3v) is 4.56. The average molecular weight is 243 g/mol. The van der Waals surface area contributed by atoms with Crippen LogP contribution in [-0.4, -0.2) is 13.1 Å². The lowest BCUT2D eigenvalue weighted by molar-refractivity contribution is 0.276. The molecule has 3 rings (SSSR count). The van der Waals surface area contributed by atoms with Crippen LogP contribution in [0.25, 0.3) is 0 Å². The summed E-state index contributed by atoms with van der Waals surface area (Å²) < 4.78 is 0. The maximum Gasteiger partial charge on any atom is 0.0250 e. The fraction of sp³-hybridized carbons (Fsp3) is 0.333. The van der Waals surface area contributed by atoms with Gasteiger partial charge in [0.15, 0.2) is 0 Å². The van der Waals surface area contributed by atoms with Crippen molar-refractivity contribution in [2.24, 2.45) is 0 Å². The third kappa shape index (κ3) is 2.03. The van der Waals surface area contributed by atoms with Gasteiger partial charge in [0.05, 0.1) is 0 Å². The van der Waals surface area contributed by atoms with Crippen molar-refractivity contribution in [1.29, 1.82) is 0 Å². The van der Waals surface area contributed by atoms with Crippen LogP contribution in [0.2, 0.25) is 0 Å². The summed E-state index contributed by atoms with van der Waals surface area (Å²) in [7, 11) is 0. The summed E-state index contributed by atoms with van der Waals surface area (Å²) in [6, 6.07) is 13.4. The maximum atomic E-state index is 3.43. The van der Waals surface area contributed by atoms with Crippen LogP contribution in [0.1, 0.15) is 16.0 Å². The second-order valence-corrected chi connectivity index (χ2v) is 6.04. The Morgan fingerprint density at radius 1 is 1.18 bits per heavy atom. The Kier molecular flexibility index (Phi) is 2.77. The minimum Gasteiger partial charge on any atom is -0.315 e. The Balaban J connectivity index is 1.89. The van der Waals surface area contributed by atoms with E-state index in [1.165, 1.54) is 22.4 Å². The van der Waals surface area contributed by atoms with Crippen LogP contribution in [0.5, 0.6) is 0 Å². The van der Waals surface area contributed by atoms with Crippen molar-refractivity contribution >= 4 is 11.3 Å². The van der Waals surface area contributed by atoms with Crippen LogP contribution in [0, 0.1) is 6.92 Å². The van der Waals surface area contributed by atoms with Crippen LogP contribution >= 0.6 is 11.3 Å². The summed E-state index contributed by atoms with van der Waals surface area (Å²) in [4.78, 5) is 1.49. The summed E-state index contributed by atoms with van der Waals surface area (Å²) >= 11 is 1.87. The quantitative estimate of drug-likeness (QED) is 0.873. The molecular weight excluding hydrogens is 226 g/mol. The molecule has 0 spiro atoms. The average Bonchev–Trinajstić information content (AvgIpc) is 2.77. The zero-order valence-corrected chi connectivity index (χ0v) is 10.9. The molecule has 1 aliphatic heterocycles. The summed E-state index contributed by atoms with van der Waals surface area (Å²) in [5.74, 6) is 0. The van der Waals surface area contributed by atoms with Gasteiger partial charge in [0.25, 0.3) is 0 Å². The highest BCUT2D eigenvalue weighted by molar-refractivity contribution is 7.09. The highest BCUT2D eigenvalue weighted by atomic mass is 32.1. The minimum absolute atomic E-state index is 0.332. The number of rotatable bonds is 3. The van der Waals surface area contributed by atoms with Crippen LogP contribution in [0.3, 0.4) is 0 Å². The SMILES string of the molecule is Cc1ccc(C2(Cc3cccs3)CNC2)cc1. The van der Waals surface area contributed by atoms with Crippen LogP contribution in [0.15, 0.2) is 41.8 Å². The number of hydrogen-bond donors (Lipinski definition) is 1. The van der Waals surface area contributed by atoms with E-state index in [2.05, 4.69) is 54.0 Å². The highest BCUT2D eigenvalue weighted by Gasteiger charge is 2.38. The molecular formula is C15H17NS. The molecule has 0 saturated carbocycles. The van der Waals surface area contributed by atoms with E-state index in [1.807, 2.05) is 11.3 Å². The van der Waals surface area contributed by atoms with E-state index in [0.717, 1.165) is 13.1 Å². The predicted octanol–water partition coefficient (Wildman–Crippen LogP) is 3.14. The lowest BCUT2D eigenvalue weighted by atomic mass is 9.72. The van der Waals surface area contributed by atoms with E-state index in [0.29, 0.717) is 5.41 Å². The first kappa shape index (κ1) is 11.0. The highest BCUT2D eigenvalue weighted by Crippen LogP contribution is 2.33. The van der Waals surface area contributed by atoms with Crippen LogP contribution in [0.4, 0.5) is 0 Å². The number of thiophene rings is 1. The van der Waals surface area contributed by atoms with Gasteiger partial charge in [-0.3, -0.25) is 0 Å². The Hall–Kier alpha value is -1.12. The molecule has 1 N–H and O–H groups in total. The predicted molar refractivity (Wildman–Crippen MR) is 73.7 cm³/mol. The first-order chi connectivity index (χ1) is 8.28. The van der Waals surface area contributed by atoms with Gasteiger partial charge in [-0.25, -0.2) is 0 Å². The van der Waals surface area contributed by atoms with Gasteiger partial charge in [-0.15, -0.1) is 11.3 Å². The molecule has 1 aromatic heterocycles. The minimum atomic E-state index is 0.332. The van der Waals surface area contributed by atoms with Crippen molar-refractivity contribution in [2.75, 3.05) is 13.1 Å². The molecule has 0 aliphatic carbocycles. The van der Waals surface area contributed by atoms with Crippen molar-refractivity contribution in [1.82, 2.24) is 5.32 Å². The van der Waals surface area contributed by atoms with Gasteiger partial charge >= 0.3 is 0 Å². The van der Waals surface area contributed by atoms with Crippen molar-refractivity contribution in [2.45, 2.75) is 18.8 Å². The van der Waals surface area contributed by atoms with Crippen molar-refractivity contribution in [3.05, 3.63) is 57.8 Å². The standard InChI is InChI=1S/C15H17NS/c1-12-4-6-13(7-5-12)15(10-16-11-15)9-14-3-2-8-17-14/h2-8,16H,9-11H2,1H3. The van der Waals surface area contributed by atoms with Gasteiger partial charge < -0.3 is 5.32 Å². The molecule has 0 radical (unpaired) electrons. The summed E-state index contributed by atoms with van der Waals surface area (Å²) in [5, 5.41) is 5.60. The van der Waals surface area contributed by atoms with Gasteiger partial charge in [0.2, 0.25) is 0 Å². The molecule has 2 aromatic rings. The van der Waals surface area contributed by atoms with Crippen molar-refractivity contribution in [3.8, 4) is 0 Å². The first-order valence-electron chi connectivity index (χ1n) is 6.09. The van der Waals surface area contributed by atoms with E-state index in [4.69, 9.17) is 0 Å². The zero-order valence-electron chi connectivity index (χ0n) is 10.1. The fourth-order valence-corrected chi connectivity index (χ4v) is 3.36. The van der Waals surface area contributed by atoms with E-state index >= 15 is 0 Å². The number of nitrogens with one attached hydrogen (secondary N) is 1. The third-order valence-electron chi connectivity index (χ3n) is 3.68. The molecule has 0 atom stereocenters. The van der Waals surface area contributed by atoms with Gasteiger partial charge in [-0.05, 0) is 30.4 Å². The van der Waals surface area contributed by atoms with E-state index < -0.39 is 0 Å². The van der Waals surface area contributed by atoms with Gasteiger partial charge in [-0.2, -0.15) is 0 Å². The first-order valence-corrected chi connectivity index (χ1v) is 6.97. The molecule has 0 bridgehead atoms. The molecule has 2 heterocycles. The Bertz CT molecular complexity index is 480. The number of benzene rings is 1.